The van der Waals surface area contributed by atoms with Crippen LogP contribution in [0.25, 0.3) is 0 Å². The second kappa shape index (κ2) is 8.07. The van der Waals surface area contributed by atoms with E-state index >= 15 is 4.39 Å². The number of Topliss-reactive ketones (excluding diaryl/α,β-unsaturated/α-hetero) is 1. The van der Waals surface area contributed by atoms with Crippen LogP contribution in [0.3, 0.4) is 0 Å². The largest absolute Gasteiger partial charge is 0.416 e. The van der Waals surface area contributed by atoms with Crippen LogP contribution in [-0.2, 0) is 28.0 Å². The zero-order valence-corrected chi connectivity index (χ0v) is 19.3. The van der Waals surface area contributed by atoms with Crippen molar-refractivity contribution in [3.05, 3.63) is 51.1 Å². The van der Waals surface area contributed by atoms with Gasteiger partial charge >= 0.3 is 5.97 Å². The number of hydrogen-bond acceptors (Lipinski definition) is 5. The third kappa shape index (κ3) is 3.61. The van der Waals surface area contributed by atoms with Gasteiger partial charge in [0.05, 0.1) is 4.11 Å². The highest BCUT2D eigenvalue weighted by Gasteiger charge is 2.57. The molecule has 4 rings (SSSR count). The standard InChI is InChI=1S/C26H32FNO3S/c1-13-8-9-20(27)24(15(13)3)26(7,25(30)23-16(4)17(23)5)28-12-19-11-22(31-18(6)29)32-21(19)10-14(28)2/h8-9,11,14,16-17,23H,10,12H2,1-7H3/i6D3,8D,9D,10D2,11D,12D2,14D,16D,17D,23D. The molecular formula is C26H32FNO3S. The average Bonchev–Trinajstić information content (AvgIpc) is 3.12. The number of hydrogen-bond donors (Lipinski definition) is 0. The van der Waals surface area contributed by atoms with E-state index in [1.54, 1.807) is 0 Å². The number of esters is 1. The zero-order chi connectivity index (χ0) is 35.9. The second-order valence-corrected chi connectivity index (χ2v) is 8.96. The van der Waals surface area contributed by atoms with E-state index < -0.39 is 106 Å². The van der Waals surface area contributed by atoms with Gasteiger partial charge in [-0.25, -0.2) is 4.39 Å². The highest BCUT2D eigenvalue weighted by atomic mass is 32.1. The number of rotatable bonds is 5. The third-order valence-electron chi connectivity index (χ3n) is 6.06. The molecule has 2 heterocycles. The molecule has 1 aliphatic carbocycles. The first kappa shape index (κ1) is 11.4. The van der Waals surface area contributed by atoms with Crippen LogP contribution in [-0.4, -0.2) is 22.7 Å². The van der Waals surface area contributed by atoms with Gasteiger partial charge in [-0.3, -0.25) is 14.5 Å². The Morgan fingerprint density at radius 2 is 2.03 bits per heavy atom. The maximum Gasteiger partial charge on any atom is 0.308 e. The van der Waals surface area contributed by atoms with Crippen molar-refractivity contribution >= 4 is 23.1 Å². The van der Waals surface area contributed by atoms with Crippen LogP contribution in [0.4, 0.5) is 4.39 Å². The Bertz CT molecular complexity index is 1660. The highest BCUT2D eigenvalue weighted by molar-refractivity contribution is 7.14. The van der Waals surface area contributed by atoms with E-state index in [0.717, 1.165) is 27.7 Å². The molecule has 0 N–H and O–H groups in total. The zero-order valence-electron chi connectivity index (χ0n) is 32.5. The number of ketones is 1. The Kier molecular flexibility index (Phi) is 2.87. The third-order valence-corrected chi connectivity index (χ3v) is 6.94. The van der Waals surface area contributed by atoms with E-state index in [1.807, 2.05) is 0 Å². The van der Waals surface area contributed by atoms with Gasteiger partial charge in [-0.1, -0.05) is 19.9 Å². The molecule has 2 aliphatic rings. The van der Waals surface area contributed by atoms with Crippen LogP contribution >= 0.6 is 11.3 Å². The highest BCUT2D eigenvalue weighted by Crippen LogP contribution is 2.52. The van der Waals surface area contributed by atoms with Crippen molar-refractivity contribution in [3.8, 4) is 5.06 Å². The molecule has 4 atom stereocenters. The molecule has 0 radical (unpaired) electrons. The van der Waals surface area contributed by atoms with Crippen molar-refractivity contribution in [1.29, 1.82) is 0 Å². The van der Waals surface area contributed by atoms with Gasteiger partial charge in [0.2, 0.25) is 0 Å². The van der Waals surface area contributed by atoms with Crippen LogP contribution in [0.5, 0.6) is 5.06 Å². The van der Waals surface area contributed by atoms with Crippen molar-refractivity contribution in [1.82, 2.24) is 4.90 Å². The van der Waals surface area contributed by atoms with Crippen molar-refractivity contribution in [3.63, 3.8) is 0 Å². The van der Waals surface area contributed by atoms with Gasteiger partial charge in [-0.2, -0.15) is 0 Å². The number of nitrogens with zero attached hydrogens (tertiary/aromatic N) is 1. The van der Waals surface area contributed by atoms with Gasteiger partial charge in [-0.05, 0) is 74.6 Å². The number of ether oxygens (including phenoxy) is 1. The summed E-state index contributed by atoms with van der Waals surface area (Å²) in [5.41, 5.74) is -4.80. The minimum atomic E-state index is -3.32. The monoisotopic (exact) mass is 471 g/mol. The normalized spacial score (nSPS) is 46.0. The van der Waals surface area contributed by atoms with E-state index in [0.29, 0.717) is 4.90 Å². The molecule has 1 aliphatic heterocycles. The van der Waals surface area contributed by atoms with Crippen molar-refractivity contribution in [2.45, 2.75) is 72.8 Å². The van der Waals surface area contributed by atoms with E-state index in [4.69, 9.17) is 19.8 Å². The lowest BCUT2D eigenvalue weighted by molar-refractivity contribution is -0.136. The van der Waals surface area contributed by atoms with Gasteiger partial charge in [0, 0.05) is 50.8 Å². The van der Waals surface area contributed by atoms with E-state index in [9.17, 15) is 13.7 Å². The molecule has 1 aromatic heterocycles. The summed E-state index contributed by atoms with van der Waals surface area (Å²) in [6, 6.07) is -5.53. The van der Waals surface area contributed by atoms with Gasteiger partial charge in [0.1, 0.15) is 11.4 Å². The van der Waals surface area contributed by atoms with Gasteiger partial charge in [-0.15, -0.1) is 11.3 Å². The number of halogens is 1. The maximum atomic E-state index is 16.4. The second-order valence-electron chi connectivity index (χ2n) is 7.98. The van der Waals surface area contributed by atoms with Crippen LogP contribution in [0.1, 0.15) is 80.9 Å². The number of carbonyl (C=O) groups is 2. The summed E-state index contributed by atoms with van der Waals surface area (Å²) in [5, 5.41) is -0.814. The van der Waals surface area contributed by atoms with Gasteiger partial charge < -0.3 is 4.74 Å². The molecule has 0 saturated heterocycles. The number of benzene rings is 1. The summed E-state index contributed by atoms with van der Waals surface area (Å²) in [5.74, 6) is -11.8. The molecule has 0 spiro atoms. The average molecular weight is 472 g/mol. The Hall–Kier alpha value is -2.05. The summed E-state index contributed by atoms with van der Waals surface area (Å²) in [6.07, 6.45) is -3.08. The SMILES string of the molecule is [2H]c1c([2H])c(F)c(C(C)(C(=O)C2([2H])C([2H])(C)C2([2H])C)N2C([2H])([2H])c3c(sc(OC(=O)C([2H])([2H])[2H])c3[2H])C([2H])([2H])C2([2H])C)c(C)c1C. The van der Waals surface area contributed by atoms with Gasteiger partial charge in [0.15, 0.2) is 10.8 Å². The smallest absolute Gasteiger partial charge is 0.308 e. The molecule has 32 heavy (non-hydrogen) atoms. The van der Waals surface area contributed by atoms with E-state index in [1.165, 1.54) is 13.8 Å². The summed E-state index contributed by atoms with van der Waals surface area (Å²) < 4.78 is 141. The Labute approximate surface area is 213 Å². The predicted molar refractivity (Wildman–Crippen MR) is 124 cm³/mol. The van der Waals surface area contributed by atoms with Crippen molar-refractivity contribution in [2.24, 2.45) is 17.7 Å². The molecule has 0 amide bonds. The predicted octanol–water partition coefficient (Wildman–Crippen LogP) is 5.56. The minimum absolute atomic E-state index is 0.0268. The molecule has 4 unspecified atom stereocenters. The lowest BCUT2D eigenvalue weighted by Gasteiger charge is -2.47. The first-order valence-corrected chi connectivity index (χ1v) is 10.7. The fourth-order valence-electron chi connectivity index (χ4n) is 4.04. The fourth-order valence-corrected chi connectivity index (χ4v) is 4.89. The first-order valence-electron chi connectivity index (χ1n) is 16.8. The molecule has 2 aromatic rings. The molecule has 1 aromatic carbocycles. The number of carbonyl (C=O) groups excluding carboxylic acids is 2. The lowest BCUT2D eigenvalue weighted by atomic mass is 9.77. The van der Waals surface area contributed by atoms with Crippen LogP contribution < -0.4 is 4.74 Å². The summed E-state index contributed by atoms with van der Waals surface area (Å²) in [6.45, 7) is -0.0607. The van der Waals surface area contributed by atoms with E-state index in [2.05, 4.69) is 0 Å². The fraction of sp³-hybridized carbons (Fsp3) is 0.538. The molecule has 172 valence electrons. The molecule has 1 saturated carbocycles. The molecule has 4 nitrogen and oxygen atoms in total. The summed E-state index contributed by atoms with van der Waals surface area (Å²) in [4.78, 5) is 26.7. The van der Waals surface area contributed by atoms with Crippen molar-refractivity contribution in [2.75, 3.05) is 0 Å². The first-order chi connectivity index (χ1) is 20.3. The minimum Gasteiger partial charge on any atom is -0.416 e. The molecule has 1 fully saturated rings. The molecular weight excluding hydrogens is 425 g/mol. The molecule has 0 bridgehead atoms. The lowest BCUT2D eigenvalue weighted by Crippen LogP contribution is -2.56. The Balaban J connectivity index is 2.17. The van der Waals surface area contributed by atoms with E-state index in [-0.39, 0.29) is 22.5 Å². The van der Waals surface area contributed by atoms with Crippen LogP contribution in [0.2, 0.25) is 0 Å². The number of fused-ring (bicyclic) bond motifs is 1. The maximum absolute atomic E-state index is 16.4. The van der Waals surface area contributed by atoms with Crippen LogP contribution in [0.15, 0.2) is 18.1 Å². The summed E-state index contributed by atoms with van der Waals surface area (Å²) >= 11 is 0.212. The Morgan fingerprint density at radius 1 is 1.34 bits per heavy atom. The topological polar surface area (TPSA) is 46.6 Å². The molecule has 6 heteroatoms. The summed E-state index contributed by atoms with van der Waals surface area (Å²) in [7, 11) is 0. The van der Waals surface area contributed by atoms with Crippen molar-refractivity contribution < 1.29 is 37.9 Å². The quantitative estimate of drug-likeness (QED) is 0.536. The van der Waals surface area contributed by atoms with Crippen LogP contribution in [0, 0.1) is 37.3 Å². The van der Waals surface area contributed by atoms with Gasteiger partial charge in [0.25, 0.3) is 0 Å². The number of thiophene rings is 1. The Morgan fingerprint density at radius 3 is 2.66 bits per heavy atom.